The van der Waals surface area contributed by atoms with Crippen LogP contribution in [0.3, 0.4) is 0 Å². The Morgan fingerprint density at radius 2 is 2.00 bits per heavy atom. The van der Waals surface area contributed by atoms with Gasteiger partial charge in [0, 0.05) is 23.2 Å². The predicted molar refractivity (Wildman–Crippen MR) is 56.3 cm³/mol. The van der Waals surface area contributed by atoms with Gasteiger partial charge in [0.15, 0.2) is 0 Å². The minimum atomic E-state index is 0.903. The van der Waals surface area contributed by atoms with Crippen LogP contribution < -0.4 is 0 Å². The summed E-state index contributed by atoms with van der Waals surface area (Å²) in [5, 5.41) is 2.22. The first-order chi connectivity index (χ1) is 6.84. The Balaban J connectivity index is 2.57. The van der Waals surface area contributed by atoms with Gasteiger partial charge >= 0.3 is 0 Å². The van der Waals surface area contributed by atoms with E-state index in [-0.39, 0.29) is 0 Å². The van der Waals surface area contributed by atoms with E-state index in [1.165, 1.54) is 5.56 Å². The fraction of sp³-hybridized carbons (Fsp3) is 0.0833. The van der Waals surface area contributed by atoms with Crippen LogP contribution in [0, 0.1) is 6.92 Å². The third-order valence-corrected chi connectivity index (χ3v) is 2.43. The molecule has 0 saturated heterocycles. The van der Waals surface area contributed by atoms with Crippen LogP contribution in [0.1, 0.15) is 5.56 Å². The minimum Gasteiger partial charge on any atom is -0.456 e. The molecule has 0 saturated carbocycles. The van der Waals surface area contributed by atoms with Crippen molar-refractivity contribution in [2.45, 2.75) is 6.92 Å². The lowest BCUT2D eigenvalue weighted by atomic mass is 10.1. The second-order valence-electron chi connectivity index (χ2n) is 3.47. The third kappa shape index (κ3) is 0.940. The Morgan fingerprint density at radius 3 is 2.93 bits per heavy atom. The molecule has 0 N–H and O–H groups in total. The van der Waals surface area contributed by atoms with E-state index >= 15 is 0 Å². The Morgan fingerprint density at radius 1 is 1.07 bits per heavy atom. The first-order valence-electron chi connectivity index (χ1n) is 4.57. The largest absolute Gasteiger partial charge is 0.456 e. The number of pyridine rings is 1. The molecular formula is C12H9NO. The molecule has 0 radical (unpaired) electrons. The fourth-order valence-electron chi connectivity index (χ4n) is 1.73. The molecule has 1 aromatic carbocycles. The van der Waals surface area contributed by atoms with Crippen molar-refractivity contribution in [1.82, 2.24) is 4.98 Å². The van der Waals surface area contributed by atoms with Crippen LogP contribution in [0.25, 0.3) is 21.9 Å². The summed E-state index contributed by atoms with van der Waals surface area (Å²) in [6.45, 7) is 2.06. The van der Waals surface area contributed by atoms with E-state index in [9.17, 15) is 0 Å². The number of nitrogens with zero attached hydrogens (tertiary/aromatic N) is 1. The summed E-state index contributed by atoms with van der Waals surface area (Å²) < 4.78 is 5.69. The molecule has 3 rings (SSSR count). The van der Waals surface area contributed by atoms with Gasteiger partial charge in [0.2, 0.25) is 0 Å². The van der Waals surface area contributed by atoms with Gasteiger partial charge in [0.1, 0.15) is 11.2 Å². The van der Waals surface area contributed by atoms with Gasteiger partial charge in [0.05, 0.1) is 0 Å². The van der Waals surface area contributed by atoms with Gasteiger partial charge in [-0.05, 0) is 24.6 Å². The molecule has 2 nitrogen and oxygen atoms in total. The van der Waals surface area contributed by atoms with Crippen LogP contribution in [0.5, 0.6) is 0 Å². The van der Waals surface area contributed by atoms with Crippen molar-refractivity contribution < 1.29 is 4.42 Å². The predicted octanol–water partition coefficient (Wildman–Crippen LogP) is 3.29. The molecule has 3 aromatic rings. The normalized spacial score (nSPS) is 11.2. The van der Waals surface area contributed by atoms with E-state index < -0.39 is 0 Å². The maximum Gasteiger partial charge on any atom is 0.138 e. The number of rotatable bonds is 0. The van der Waals surface area contributed by atoms with Gasteiger partial charge in [-0.25, -0.2) is 0 Å². The maximum atomic E-state index is 5.69. The molecule has 2 heteroatoms. The number of aryl methyl sites for hydroxylation is 1. The highest BCUT2D eigenvalue weighted by molar-refractivity contribution is 6.04. The summed E-state index contributed by atoms with van der Waals surface area (Å²) in [7, 11) is 0. The van der Waals surface area contributed by atoms with Gasteiger partial charge in [0.25, 0.3) is 0 Å². The number of furan rings is 1. The average Bonchev–Trinajstić information content (AvgIpc) is 2.54. The van der Waals surface area contributed by atoms with Crippen molar-refractivity contribution in [2.24, 2.45) is 0 Å². The SMILES string of the molecule is Cc1ccc2c(c1)oc1ccncc12. The summed E-state index contributed by atoms with van der Waals surface area (Å²) in [6.07, 6.45) is 3.59. The zero-order valence-electron chi connectivity index (χ0n) is 7.82. The molecule has 0 atom stereocenters. The molecule has 0 fully saturated rings. The van der Waals surface area contributed by atoms with Crippen molar-refractivity contribution in [3.8, 4) is 0 Å². The van der Waals surface area contributed by atoms with E-state index in [1.807, 2.05) is 12.3 Å². The molecule has 14 heavy (non-hydrogen) atoms. The van der Waals surface area contributed by atoms with E-state index in [0.29, 0.717) is 0 Å². The number of hydrogen-bond donors (Lipinski definition) is 0. The zero-order valence-corrected chi connectivity index (χ0v) is 7.82. The lowest BCUT2D eigenvalue weighted by Gasteiger charge is -1.90. The molecule has 0 unspecified atom stereocenters. The van der Waals surface area contributed by atoms with Crippen molar-refractivity contribution in [3.63, 3.8) is 0 Å². The summed E-state index contributed by atoms with van der Waals surface area (Å²) in [6, 6.07) is 8.11. The summed E-state index contributed by atoms with van der Waals surface area (Å²) in [4.78, 5) is 4.10. The average molecular weight is 183 g/mol. The quantitative estimate of drug-likeness (QED) is 0.534. The highest BCUT2D eigenvalue weighted by Crippen LogP contribution is 2.27. The third-order valence-electron chi connectivity index (χ3n) is 2.43. The van der Waals surface area contributed by atoms with Gasteiger partial charge in [-0.2, -0.15) is 0 Å². The van der Waals surface area contributed by atoms with Crippen molar-refractivity contribution in [3.05, 3.63) is 42.2 Å². The summed E-state index contributed by atoms with van der Waals surface area (Å²) in [5.74, 6) is 0. The van der Waals surface area contributed by atoms with Gasteiger partial charge < -0.3 is 4.42 Å². The lowest BCUT2D eigenvalue weighted by molar-refractivity contribution is 0.668. The van der Waals surface area contributed by atoms with E-state index in [0.717, 1.165) is 21.9 Å². The molecule has 68 valence electrons. The number of aromatic nitrogens is 1. The Labute approximate surface area is 81.2 Å². The highest BCUT2D eigenvalue weighted by atomic mass is 16.3. The molecule has 0 aliphatic carbocycles. The number of benzene rings is 1. The van der Waals surface area contributed by atoms with Crippen LogP contribution in [-0.4, -0.2) is 4.98 Å². The molecule has 2 aromatic heterocycles. The Hall–Kier alpha value is -1.83. The number of hydrogen-bond acceptors (Lipinski definition) is 2. The van der Waals surface area contributed by atoms with Crippen LogP contribution in [0.15, 0.2) is 41.1 Å². The van der Waals surface area contributed by atoms with Crippen molar-refractivity contribution >= 4 is 21.9 Å². The van der Waals surface area contributed by atoms with E-state index in [4.69, 9.17) is 4.42 Å². The van der Waals surface area contributed by atoms with Gasteiger partial charge in [-0.3, -0.25) is 4.98 Å². The zero-order chi connectivity index (χ0) is 9.54. The Kier molecular flexibility index (Phi) is 1.39. The van der Waals surface area contributed by atoms with Crippen LogP contribution in [0.4, 0.5) is 0 Å². The maximum absolute atomic E-state index is 5.69. The molecular weight excluding hydrogens is 174 g/mol. The van der Waals surface area contributed by atoms with Crippen molar-refractivity contribution in [2.75, 3.05) is 0 Å². The highest BCUT2D eigenvalue weighted by Gasteiger charge is 2.05. The molecule has 0 spiro atoms. The standard InChI is InChI=1S/C12H9NO/c1-8-2-3-9-10-7-13-5-4-11(10)14-12(9)6-8/h2-7H,1H3. The molecule has 2 heterocycles. The fourth-order valence-corrected chi connectivity index (χ4v) is 1.73. The summed E-state index contributed by atoms with van der Waals surface area (Å²) >= 11 is 0. The first-order valence-corrected chi connectivity index (χ1v) is 4.57. The lowest BCUT2D eigenvalue weighted by Crippen LogP contribution is -1.70. The number of fused-ring (bicyclic) bond motifs is 3. The first kappa shape index (κ1) is 7.56. The second kappa shape index (κ2) is 2.58. The smallest absolute Gasteiger partial charge is 0.138 e. The van der Waals surface area contributed by atoms with E-state index in [2.05, 4.69) is 30.1 Å². The van der Waals surface area contributed by atoms with Gasteiger partial charge in [-0.1, -0.05) is 12.1 Å². The minimum absolute atomic E-state index is 0.903. The van der Waals surface area contributed by atoms with E-state index in [1.54, 1.807) is 6.20 Å². The van der Waals surface area contributed by atoms with Crippen molar-refractivity contribution in [1.29, 1.82) is 0 Å². The molecule has 0 bridgehead atoms. The second-order valence-corrected chi connectivity index (χ2v) is 3.47. The topological polar surface area (TPSA) is 26.0 Å². The Bertz CT molecular complexity index is 610. The summed E-state index contributed by atoms with van der Waals surface area (Å²) in [5.41, 5.74) is 3.05. The van der Waals surface area contributed by atoms with Crippen LogP contribution in [-0.2, 0) is 0 Å². The molecule has 0 aliphatic rings. The van der Waals surface area contributed by atoms with Crippen LogP contribution in [0.2, 0.25) is 0 Å². The van der Waals surface area contributed by atoms with Crippen LogP contribution >= 0.6 is 0 Å². The monoisotopic (exact) mass is 183 g/mol. The van der Waals surface area contributed by atoms with Gasteiger partial charge in [-0.15, -0.1) is 0 Å². The molecule has 0 aliphatic heterocycles. The molecule has 0 amide bonds.